The molecule has 4 rings (SSSR count). The summed E-state index contributed by atoms with van der Waals surface area (Å²) in [6.45, 7) is 13.4. The lowest BCUT2D eigenvalue weighted by atomic mass is 9.94. The van der Waals surface area contributed by atoms with Gasteiger partial charge in [0.1, 0.15) is 11.6 Å². The summed E-state index contributed by atoms with van der Waals surface area (Å²) in [6, 6.07) is 7.65. The molecule has 2 aromatic heterocycles. The van der Waals surface area contributed by atoms with Crippen LogP contribution in [0.2, 0.25) is 5.02 Å². The molecular weight excluding hydrogens is 448 g/mol. The average molecular weight is 483 g/mol. The quantitative estimate of drug-likeness (QED) is 0.503. The van der Waals surface area contributed by atoms with E-state index in [-0.39, 0.29) is 11.3 Å². The molecule has 1 amide bonds. The summed E-state index contributed by atoms with van der Waals surface area (Å²) in [7, 11) is 0. The summed E-state index contributed by atoms with van der Waals surface area (Å²) in [5, 5.41) is 6.24. The molecule has 1 saturated heterocycles. The van der Waals surface area contributed by atoms with Gasteiger partial charge in [-0.25, -0.2) is 14.6 Å². The van der Waals surface area contributed by atoms with Crippen LogP contribution in [0.15, 0.2) is 30.5 Å². The summed E-state index contributed by atoms with van der Waals surface area (Å²) >= 11 is 6.26. The largest absolute Gasteiger partial charge is 0.354 e. The van der Waals surface area contributed by atoms with Crippen LogP contribution in [-0.2, 0) is 11.2 Å². The Morgan fingerprint density at radius 1 is 1.12 bits per heavy atom. The molecule has 34 heavy (non-hydrogen) atoms. The second kappa shape index (κ2) is 9.90. The third-order valence-corrected chi connectivity index (χ3v) is 6.41. The summed E-state index contributed by atoms with van der Waals surface area (Å²) in [6.07, 6.45) is 4.58. The first-order chi connectivity index (χ1) is 16.1. The predicted molar refractivity (Wildman–Crippen MR) is 138 cm³/mol. The minimum atomic E-state index is -0.376. The Labute approximate surface area is 207 Å². The van der Waals surface area contributed by atoms with Gasteiger partial charge in [-0.15, -0.1) is 0 Å². The van der Waals surface area contributed by atoms with Crippen molar-refractivity contribution in [3.63, 3.8) is 0 Å². The SMILES string of the molecule is CC(C)CCc1nc(N2CCCN(C(=O)C(C)(C)C)CC2)c2cnn(-c3cccc(Cl)c3)c2n1. The third kappa shape index (κ3) is 5.35. The number of aryl methyl sites for hydroxylation is 1. The lowest BCUT2D eigenvalue weighted by Gasteiger charge is -2.28. The lowest BCUT2D eigenvalue weighted by molar-refractivity contribution is -0.139. The van der Waals surface area contributed by atoms with Crippen molar-refractivity contribution in [2.24, 2.45) is 11.3 Å². The summed E-state index contributed by atoms with van der Waals surface area (Å²) in [5.41, 5.74) is 1.29. The topological polar surface area (TPSA) is 67.2 Å². The van der Waals surface area contributed by atoms with Crippen LogP contribution in [0.5, 0.6) is 0 Å². The highest BCUT2D eigenvalue weighted by Gasteiger charge is 2.29. The van der Waals surface area contributed by atoms with Crippen LogP contribution in [-0.4, -0.2) is 56.7 Å². The zero-order valence-electron chi connectivity index (χ0n) is 20.9. The van der Waals surface area contributed by atoms with E-state index in [1.54, 1.807) is 0 Å². The molecule has 3 aromatic rings. The minimum Gasteiger partial charge on any atom is -0.354 e. The Bertz CT molecular complexity index is 1170. The first-order valence-corrected chi connectivity index (χ1v) is 12.6. The van der Waals surface area contributed by atoms with Crippen molar-refractivity contribution in [2.75, 3.05) is 31.1 Å². The maximum absolute atomic E-state index is 12.9. The molecule has 1 fully saturated rings. The van der Waals surface area contributed by atoms with Gasteiger partial charge in [-0.2, -0.15) is 5.10 Å². The summed E-state index contributed by atoms with van der Waals surface area (Å²) in [4.78, 5) is 27.1. The van der Waals surface area contributed by atoms with Gasteiger partial charge in [0.15, 0.2) is 5.65 Å². The van der Waals surface area contributed by atoms with E-state index in [2.05, 4.69) is 23.8 Å². The van der Waals surface area contributed by atoms with E-state index in [0.29, 0.717) is 17.5 Å². The highest BCUT2D eigenvalue weighted by Crippen LogP contribution is 2.28. The standard InChI is InChI=1S/C26H35ClN6O/c1-18(2)10-11-22-29-23(31-12-7-13-32(15-14-31)25(34)26(3,4)5)21-17-28-33(24(21)30-22)20-9-6-8-19(27)16-20/h6,8-9,16-18H,7,10-15H2,1-5H3. The molecular formula is C26H35ClN6O. The first-order valence-electron chi connectivity index (χ1n) is 12.2. The number of amides is 1. The number of aromatic nitrogens is 4. The molecule has 0 saturated carbocycles. The van der Waals surface area contributed by atoms with Crippen molar-refractivity contribution < 1.29 is 4.79 Å². The van der Waals surface area contributed by atoms with Crippen LogP contribution in [0.1, 0.15) is 53.3 Å². The maximum Gasteiger partial charge on any atom is 0.228 e. The van der Waals surface area contributed by atoms with Crippen molar-refractivity contribution in [3.8, 4) is 5.69 Å². The van der Waals surface area contributed by atoms with Crippen LogP contribution >= 0.6 is 11.6 Å². The molecule has 0 N–H and O–H groups in total. The zero-order chi connectivity index (χ0) is 24.5. The van der Waals surface area contributed by atoms with Gasteiger partial charge in [0.25, 0.3) is 0 Å². The van der Waals surface area contributed by atoms with Crippen LogP contribution in [0.3, 0.4) is 0 Å². The highest BCUT2D eigenvalue weighted by atomic mass is 35.5. The molecule has 0 unspecified atom stereocenters. The van der Waals surface area contributed by atoms with Gasteiger partial charge in [0.05, 0.1) is 17.3 Å². The number of anilines is 1. The Morgan fingerprint density at radius 3 is 2.62 bits per heavy atom. The highest BCUT2D eigenvalue weighted by molar-refractivity contribution is 6.30. The van der Waals surface area contributed by atoms with Gasteiger partial charge in [-0.3, -0.25) is 4.79 Å². The number of hydrogen-bond donors (Lipinski definition) is 0. The molecule has 8 heteroatoms. The Morgan fingerprint density at radius 2 is 1.91 bits per heavy atom. The molecule has 1 aliphatic heterocycles. The molecule has 0 aliphatic carbocycles. The number of nitrogens with zero attached hydrogens (tertiary/aromatic N) is 6. The monoisotopic (exact) mass is 482 g/mol. The van der Waals surface area contributed by atoms with Crippen molar-refractivity contribution in [1.82, 2.24) is 24.6 Å². The second-order valence-electron chi connectivity index (χ2n) is 10.6. The molecule has 0 radical (unpaired) electrons. The molecule has 0 spiro atoms. The Balaban J connectivity index is 1.72. The summed E-state index contributed by atoms with van der Waals surface area (Å²) < 4.78 is 1.85. The maximum atomic E-state index is 12.9. The van der Waals surface area contributed by atoms with E-state index < -0.39 is 0 Å². The van der Waals surface area contributed by atoms with E-state index in [4.69, 9.17) is 21.6 Å². The van der Waals surface area contributed by atoms with Gasteiger partial charge in [0.2, 0.25) is 5.91 Å². The molecule has 1 aliphatic rings. The van der Waals surface area contributed by atoms with Crippen molar-refractivity contribution >= 4 is 34.4 Å². The normalized spacial score (nSPS) is 15.3. The molecule has 0 bridgehead atoms. The van der Waals surface area contributed by atoms with E-state index in [0.717, 1.165) is 67.3 Å². The smallest absolute Gasteiger partial charge is 0.228 e. The van der Waals surface area contributed by atoms with Gasteiger partial charge >= 0.3 is 0 Å². The fourth-order valence-corrected chi connectivity index (χ4v) is 4.50. The third-order valence-electron chi connectivity index (χ3n) is 6.18. The molecule has 182 valence electrons. The fourth-order valence-electron chi connectivity index (χ4n) is 4.31. The van der Waals surface area contributed by atoms with Gasteiger partial charge in [0, 0.05) is 43.0 Å². The Kier molecular flexibility index (Phi) is 7.12. The lowest BCUT2D eigenvalue weighted by Crippen LogP contribution is -2.41. The second-order valence-corrected chi connectivity index (χ2v) is 11.0. The zero-order valence-corrected chi connectivity index (χ0v) is 21.6. The van der Waals surface area contributed by atoms with E-state index >= 15 is 0 Å². The van der Waals surface area contributed by atoms with Crippen LogP contribution in [0.25, 0.3) is 16.7 Å². The molecule has 1 aromatic carbocycles. The number of fused-ring (bicyclic) bond motifs is 1. The number of carbonyl (C=O) groups excluding carboxylic acids is 1. The number of hydrogen-bond acceptors (Lipinski definition) is 5. The van der Waals surface area contributed by atoms with E-state index in [1.807, 2.05) is 60.8 Å². The van der Waals surface area contributed by atoms with E-state index in [1.165, 1.54) is 0 Å². The summed E-state index contributed by atoms with van der Waals surface area (Å²) in [5.74, 6) is 2.50. The van der Waals surface area contributed by atoms with Crippen molar-refractivity contribution in [3.05, 3.63) is 41.3 Å². The van der Waals surface area contributed by atoms with Gasteiger partial charge in [-0.05, 0) is 37.0 Å². The molecule has 0 atom stereocenters. The Hall–Kier alpha value is -2.67. The number of carbonyl (C=O) groups is 1. The molecule has 3 heterocycles. The average Bonchev–Trinajstić information content (AvgIpc) is 3.05. The van der Waals surface area contributed by atoms with E-state index in [9.17, 15) is 4.79 Å². The van der Waals surface area contributed by atoms with Crippen LogP contribution in [0, 0.1) is 11.3 Å². The predicted octanol–water partition coefficient (Wildman–Crippen LogP) is 5.14. The number of rotatable bonds is 5. The van der Waals surface area contributed by atoms with Crippen molar-refractivity contribution in [1.29, 1.82) is 0 Å². The number of halogens is 1. The number of benzene rings is 1. The molecule has 7 nitrogen and oxygen atoms in total. The van der Waals surface area contributed by atoms with Gasteiger partial charge in [-0.1, -0.05) is 52.3 Å². The minimum absolute atomic E-state index is 0.202. The fraction of sp³-hybridized carbons (Fsp3) is 0.538. The van der Waals surface area contributed by atoms with Crippen molar-refractivity contribution in [2.45, 2.75) is 53.9 Å². The van der Waals surface area contributed by atoms with Crippen LogP contribution < -0.4 is 4.90 Å². The first kappa shape index (κ1) is 24.5. The van der Waals surface area contributed by atoms with Gasteiger partial charge < -0.3 is 9.80 Å². The van der Waals surface area contributed by atoms with Crippen LogP contribution in [0.4, 0.5) is 5.82 Å².